The summed E-state index contributed by atoms with van der Waals surface area (Å²) < 4.78 is 15.5. The quantitative estimate of drug-likeness (QED) is 0.787. The summed E-state index contributed by atoms with van der Waals surface area (Å²) in [5.41, 5.74) is 0.850. The molecular weight excluding hydrogens is 293 g/mol. The molecule has 2 heterocycles. The first-order valence-electron chi connectivity index (χ1n) is 8.48. The van der Waals surface area contributed by atoms with Gasteiger partial charge in [0, 0.05) is 13.1 Å². The lowest BCUT2D eigenvalue weighted by molar-refractivity contribution is 0.164. The van der Waals surface area contributed by atoms with Crippen molar-refractivity contribution in [3.63, 3.8) is 0 Å². The van der Waals surface area contributed by atoms with E-state index >= 15 is 0 Å². The van der Waals surface area contributed by atoms with Gasteiger partial charge in [0.15, 0.2) is 0 Å². The van der Waals surface area contributed by atoms with Crippen molar-refractivity contribution in [2.45, 2.75) is 38.6 Å². The van der Waals surface area contributed by atoms with E-state index in [0.29, 0.717) is 5.92 Å². The average Bonchev–Trinajstić information content (AvgIpc) is 3.08. The lowest BCUT2D eigenvalue weighted by Gasteiger charge is -2.32. The van der Waals surface area contributed by atoms with Gasteiger partial charge in [0.1, 0.15) is 12.1 Å². The van der Waals surface area contributed by atoms with Crippen molar-refractivity contribution in [1.82, 2.24) is 25.1 Å². The van der Waals surface area contributed by atoms with Gasteiger partial charge in [-0.1, -0.05) is 18.2 Å². The van der Waals surface area contributed by atoms with E-state index < -0.39 is 0 Å². The van der Waals surface area contributed by atoms with Crippen molar-refractivity contribution in [3.05, 3.63) is 42.0 Å². The molecule has 1 aromatic heterocycles. The summed E-state index contributed by atoms with van der Waals surface area (Å²) >= 11 is 0. The second kappa shape index (κ2) is 8.15. The van der Waals surface area contributed by atoms with E-state index in [9.17, 15) is 4.39 Å². The first kappa shape index (κ1) is 16.1. The monoisotopic (exact) mass is 317 g/mol. The number of hydrogen-bond acceptors (Lipinski definition) is 4. The van der Waals surface area contributed by atoms with Gasteiger partial charge < -0.3 is 4.90 Å². The number of halogens is 1. The zero-order valence-corrected chi connectivity index (χ0v) is 13.4. The summed E-state index contributed by atoms with van der Waals surface area (Å²) in [6.07, 6.45) is 7.14. The third-order valence-electron chi connectivity index (χ3n) is 4.64. The van der Waals surface area contributed by atoms with Gasteiger partial charge in [-0.15, -0.1) is 5.10 Å². The minimum Gasteiger partial charge on any atom is -0.303 e. The van der Waals surface area contributed by atoms with Gasteiger partial charge in [-0.05, 0) is 73.2 Å². The fourth-order valence-electron chi connectivity index (χ4n) is 3.39. The SMILES string of the molecule is Fc1ccccc1CCC1CCCN(CCCn2cnnn2)C1. The number of rotatable bonds is 7. The van der Waals surface area contributed by atoms with Gasteiger partial charge in [0.05, 0.1) is 0 Å². The Morgan fingerprint density at radius 3 is 2.96 bits per heavy atom. The van der Waals surface area contributed by atoms with Crippen molar-refractivity contribution in [3.8, 4) is 0 Å². The Bertz CT molecular complexity index is 586. The Morgan fingerprint density at radius 2 is 2.13 bits per heavy atom. The fraction of sp³-hybridized carbons (Fsp3) is 0.588. The largest absolute Gasteiger partial charge is 0.303 e. The third kappa shape index (κ3) is 4.82. The van der Waals surface area contributed by atoms with Crippen LogP contribution in [-0.4, -0.2) is 44.7 Å². The summed E-state index contributed by atoms with van der Waals surface area (Å²) in [5, 5.41) is 11.2. The van der Waals surface area contributed by atoms with E-state index in [-0.39, 0.29) is 5.82 Å². The summed E-state index contributed by atoms with van der Waals surface area (Å²) in [5.74, 6) is 0.609. The standard InChI is InChI=1S/C17H24FN5/c18-17-7-2-1-6-16(17)9-8-15-5-3-10-22(13-15)11-4-12-23-14-19-20-21-23/h1-2,6-7,14-15H,3-5,8-13H2. The van der Waals surface area contributed by atoms with Crippen LogP contribution in [-0.2, 0) is 13.0 Å². The predicted octanol–water partition coefficient (Wildman–Crippen LogP) is 2.55. The molecule has 1 aliphatic rings. The molecule has 0 bridgehead atoms. The van der Waals surface area contributed by atoms with E-state index in [2.05, 4.69) is 20.4 Å². The van der Waals surface area contributed by atoms with Gasteiger partial charge in [0.2, 0.25) is 0 Å². The number of aromatic nitrogens is 4. The normalized spacial score (nSPS) is 19.1. The van der Waals surface area contributed by atoms with Gasteiger partial charge in [-0.3, -0.25) is 0 Å². The molecule has 1 saturated heterocycles. The van der Waals surface area contributed by atoms with E-state index in [1.165, 1.54) is 19.4 Å². The molecular formula is C17H24FN5. The van der Waals surface area contributed by atoms with Crippen LogP contribution in [0.15, 0.2) is 30.6 Å². The maximum absolute atomic E-state index is 13.7. The van der Waals surface area contributed by atoms with Crippen LogP contribution in [0.25, 0.3) is 0 Å². The molecule has 0 spiro atoms. The molecule has 0 amide bonds. The number of nitrogens with zero attached hydrogens (tertiary/aromatic N) is 5. The molecule has 23 heavy (non-hydrogen) atoms. The van der Waals surface area contributed by atoms with Crippen LogP contribution < -0.4 is 0 Å². The first-order valence-corrected chi connectivity index (χ1v) is 8.48. The van der Waals surface area contributed by atoms with Gasteiger partial charge >= 0.3 is 0 Å². The van der Waals surface area contributed by atoms with Crippen LogP contribution >= 0.6 is 0 Å². The van der Waals surface area contributed by atoms with Crippen molar-refractivity contribution >= 4 is 0 Å². The number of piperidine rings is 1. The number of likely N-dealkylation sites (tertiary alicyclic amines) is 1. The highest BCUT2D eigenvalue weighted by molar-refractivity contribution is 5.17. The topological polar surface area (TPSA) is 46.8 Å². The summed E-state index contributed by atoms with van der Waals surface area (Å²) in [6, 6.07) is 7.14. The lowest BCUT2D eigenvalue weighted by Crippen LogP contribution is -2.36. The van der Waals surface area contributed by atoms with E-state index in [4.69, 9.17) is 0 Å². The summed E-state index contributed by atoms with van der Waals surface area (Å²) in [6.45, 7) is 4.25. The maximum Gasteiger partial charge on any atom is 0.138 e. The molecule has 1 fully saturated rings. The van der Waals surface area contributed by atoms with Crippen LogP contribution in [0.3, 0.4) is 0 Å². The first-order chi connectivity index (χ1) is 11.3. The third-order valence-corrected chi connectivity index (χ3v) is 4.64. The Morgan fingerprint density at radius 1 is 1.22 bits per heavy atom. The number of hydrogen-bond donors (Lipinski definition) is 0. The Kier molecular flexibility index (Phi) is 5.69. The Balaban J connectivity index is 1.40. The zero-order valence-electron chi connectivity index (χ0n) is 13.4. The minimum absolute atomic E-state index is 0.0680. The predicted molar refractivity (Wildman–Crippen MR) is 86.3 cm³/mol. The Labute approximate surface area is 136 Å². The van der Waals surface area contributed by atoms with Crippen LogP contribution in [0.5, 0.6) is 0 Å². The molecule has 3 rings (SSSR count). The van der Waals surface area contributed by atoms with Crippen LogP contribution in [0, 0.1) is 11.7 Å². The molecule has 2 aromatic rings. The molecule has 1 aliphatic heterocycles. The van der Waals surface area contributed by atoms with Gasteiger partial charge in [-0.25, -0.2) is 9.07 Å². The van der Waals surface area contributed by atoms with Crippen molar-refractivity contribution in [1.29, 1.82) is 0 Å². The fourth-order valence-corrected chi connectivity index (χ4v) is 3.39. The molecule has 0 radical (unpaired) electrons. The van der Waals surface area contributed by atoms with E-state index in [1.54, 1.807) is 23.1 Å². The minimum atomic E-state index is -0.0680. The second-order valence-electron chi connectivity index (χ2n) is 6.37. The summed E-state index contributed by atoms with van der Waals surface area (Å²) in [7, 11) is 0. The molecule has 1 aromatic carbocycles. The molecule has 1 unspecified atom stereocenters. The maximum atomic E-state index is 13.7. The second-order valence-corrected chi connectivity index (χ2v) is 6.37. The van der Waals surface area contributed by atoms with Crippen LogP contribution in [0.2, 0.25) is 0 Å². The summed E-state index contributed by atoms with van der Waals surface area (Å²) in [4.78, 5) is 2.53. The van der Waals surface area contributed by atoms with Crippen molar-refractivity contribution in [2.75, 3.05) is 19.6 Å². The van der Waals surface area contributed by atoms with Crippen LogP contribution in [0.4, 0.5) is 4.39 Å². The van der Waals surface area contributed by atoms with Crippen LogP contribution in [0.1, 0.15) is 31.2 Å². The zero-order chi connectivity index (χ0) is 15.9. The highest BCUT2D eigenvalue weighted by atomic mass is 19.1. The molecule has 0 aliphatic carbocycles. The molecule has 0 saturated carbocycles. The van der Waals surface area contributed by atoms with E-state index in [1.807, 2.05) is 12.1 Å². The molecule has 1 atom stereocenters. The van der Waals surface area contributed by atoms with Crippen molar-refractivity contribution < 1.29 is 4.39 Å². The highest BCUT2D eigenvalue weighted by Gasteiger charge is 2.19. The van der Waals surface area contributed by atoms with Gasteiger partial charge in [-0.2, -0.15) is 0 Å². The smallest absolute Gasteiger partial charge is 0.138 e. The number of tetrazole rings is 1. The van der Waals surface area contributed by atoms with Crippen molar-refractivity contribution in [2.24, 2.45) is 5.92 Å². The number of aryl methyl sites for hydroxylation is 2. The average molecular weight is 317 g/mol. The number of benzene rings is 1. The highest BCUT2D eigenvalue weighted by Crippen LogP contribution is 2.22. The van der Waals surface area contributed by atoms with Gasteiger partial charge in [0.25, 0.3) is 0 Å². The molecule has 6 heteroatoms. The molecule has 0 N–H and O–H groups in total. The Hall–Kier alpha value is -1.82. The molecule has 5 nitrogen and oxygen atoms in total. The molecule has 124 valence electrons. The lowest BCUT2D eigenvalue weighted by atomic mass is 9.91. The van der Waals surface area contributed by atoms with E-state index in [0.717, 1.165) is 44.5 Å².